The number of amides is 1. The number of halogens is 1. The van der Waals surface area contributed by atoms with E-state index in [4.69, 9.17) is 9.47 Å². The van der Waals surface area contributed by atoms with Gasteiger partial charge in [0.2, 0.25) is 0 Å². The molecule has 3 aromatic rings. The van der Waals surface area contributed by atoms with E-state index in [1.165, 1.54) is 13.2 Å². The van der Waals surface area contributed by atoms with Crippen LogP contribution < -0.4 is 10.1 Å². The predicted octanol–water partition coefficient (Wildman–Crippen LogP) is 4.07. The van der Waals surface area contributed by atoms with Crippen molar-refractivity contribution >= 4 is 12.1 Å². The normalized spacial score (nSPS) is 13.0. The zero-order valence-corrected chi connectivity index (χ0v) is 17.7. The number of aliphatic carboxylic acids is 1. The van der Waals surface area contributed by atoms with Gasteiger partial charge in [0.15, 0.2) is 17.3 Å². The molecule has 0 spiro atoms. The van der Waals surface area contributed by atoms with Gasteiger partial charge in [-0.1, -0.05) is 48.5 Å². The average molecular weight is 451 g/mol. The van der Waals surface area contributed by atoms with Crippen molar-refractivity contribution in [2.45, 2.75) is 18.4 Å². The van der Waals surface area contributed by atoms with Gasteiger partial charge in [0.1, 0.15) is 12.6 Å². The Morgan fingerprint density at radius 3 is 2.24 bits per heavy atom. The second-order valence-electron chi connectivity index (χ2n) is 7.69. The first kappa shape index (κ1) is 22.1. The molecule has 0 bridgehead atoms. The van der Waals surface area contributed by atoms with Gasteiger partial charge in [0.25, 0.3) is 0 Å². The van der Waals surface area contributed by atoms with Crippen LogP contribution >= 0.6 is 0 Å². The standard InChI is InChI=1S/C25H22FNO6/c1-32-22-12-14(10-20(26)23(22)28)11-21(24(29)30)27-25(31)33-13-19-17-8-4-2-6-15(17)16-7-3-5-9-18(16)19/h2-10,12,19,21,28H,11,13H2,1H3,(H,27,31)(H,29,30). The fourth-order valence-electron chi connectivity index (χ4n) is 4.12. The molecule has 1 aliphatic carbocycles. The fourth-order valence-corrected chi connectivity index (χ4v) is 4.12. The number of carboxylic acid groups (broad SMARTS) is 1. The topological polar surface area (TPSA) is 105 Å². The predicted molar refractivity (Wildman–Crippen MR) is 118 cm³/mol. The molecule has 0 radical (unpaired) electrons. The first-order chi connectivity index (χ1) is 15.9. The molecular formula is C25H22FNO6. The Morgan fingerprint density at radius 1 is 1.06 bits per heavy atom. The molecule has 7 nitrogen and oxygen atoms in total. The summed E-state index contributed by atoms with van der Waals surface area (Å²) in [6, 6.07) is 16.7. The second-order valence-corrected chi connectivity index (χ2v) is 7.69. The van der Waals surface area contributed by atoms with Crippen LogP contribution in [-0.2, 0) is 16.0 Å². The maximum atomic E-state index is 13.9. The molecule has 170 valence electrons. The highest BCUT2D eigenvalue weighted by atomic mass is 19.1. The largest absolute Gasteiger partial charge is 0.502 e. The number of hydrogen-bond donors (Lipinski definition) is 3. The third-order valence-electron chi connectivity index (χ3n) is 5.68. The number of carbonyl (C=O) groups is 2. The van der Waals surface area contributed by atoms with Crippen molar-refractivity contribution < 1.29 is 33.7 Å². The van der Waals surface area contributed by atoms with E-state index in [0.717, 1.165) is 28.3 Å². The summed E-state index contributed by atoms with van der Waals surface area (Å²) in [6.45, 7) is 0.0356. The van der Waals surface area contributed by atoms with E-state index in [-0.39, 0.29) is 30.3 Å². The lowest BCUT2D eigenvalue weighted by Crippen LogP contribution is -2.42. The molecule has 0 heterocycles. The van der Waals surface area contributed by atoms with E-state index in [0.29, 0.717) is 0 Å². The summed E-state index contributed by atoms with van der Waals surface area (Å²) < 4.78 is 24.2. The van der Waals surface area contributed by atoms with Gasteiger partial charge in [0, 0.05) is 12.3 Å². The SMILES string of the molecule is COc1cc(CC(NC(=O)OCC2c3ccccc3-c3ccccc32)C(=O)O)cc(F)c1O. The quantitative estimate of drug-likeness (QED) is 0.500. The van der Waals surface area contributed by atoms with Crippen molar-refractivity contribution in [3.05, 3.63) is 83.2 Å². The Morgan fingerprint density at radius 2 is 1.67 bits per heavy atom. The maximum Gasteiger partial charge on any atom is 0.407 e. The molecule has 8 heteroatoms. The van der Waals surface area contributed by atoms with Crippen molar-refractivity contribution in [2.75, 3.05) is 13.7 Å². The minimum absolute atomic E-state index is 0.0356. The van der Waals surface area contributed by atoms with E-state index in [1.54, 1.807) is 0 Å². The van der Waals surface area contributed by atoms with Crippen molar-refractivity contribution in [1.29, 1.82) is 0 Å². The third kappa shape index (κ3) is 4.45. The van der Waals surface area contributed by atoms with Crippen LogP contribution in [0.15, 0.2) is 60.7 Å². The van der Waals surface area contributed by atoms with Gasteiger partial charge in [-0.2, -0.15) is 0 Å². The number of phenolic OH excluding ortho intramolecular Hbond substituents is 1. The van der Waals surface area contributed by atoms with E-state index in [1.807, 2.05) is 48.5 Å². The number of alkyl carbamates (subject to hydrolysis) is 1. The minimum atomic E-state index is -1.37. The summed E-state index contributed by atoms with van der Waals surface area (Å²) in [7, 11) is 1.25. The minimum Gasteiger partial charge on any atom is -0.502 e. The summed E-state index contributed by atoms with van der Waals surface area (Å²) in [4.78, 5) is 24.1. The van der Waals surface area contributed by atoms with E-state index in [2.05, 4.69) is 5.32 Å². The molecule has 1 amide bonds. The fraction of sp³-hybridized carbons (Fsp3) is 0.200. The third-order valence-corrected chi connectivity index (χ3v) is 5.68. The first-order valence-electron chi connectivity index (χ1n) is 10.3. The zero-order valence-electron chi connectivity index (χ0n) is 17.7. The lowest BCUT2D eigenvalue weighted by atomic mass is 9.98. The van der Waals surface area contributed by atoms with Crippen molar-refractivity contribution in [1.82, 2.24) is 5.32 Å². The van der Waals surface area contributed by atoms with Gasteiger partial charge in [-0.25, -0.2) is 14.0 Å². The van der Waals surface area contributed by atoms with Gasteiger partial charge >= 0.3 is 12.1 Å². The number of phenols is 1. The lowest BCUT2D eigenvalue weighted by molar-refractivity contribution is -0.139. The molecule has 0 aromatic heterocycles. The number of hydrogen-bond acceptors (Lipinski definition) is 5. The van der Waals surface area contributed by atoms with Crippen molar-refractivity contribution in [3.8, 4) is 22.6 Å². The van der Waals surface area contributed by atoms with Gasteiger partial charge in [0.05, 0.1) is 7.11 Å². The van der Waals surface area contributed by atoms with E-state index in [9.17, 15) is 24.2 Å². The molecule has 0 saturated carbocycles. The molecule has 1 aliphatic rings. The summed E-state index contributed by atoms with van der Waals surface area (Å²) >= 11 is 0. The number of rotatable bonds is 7. The zero-order chi connectivity index (χ0) is 23.5. The number of carboxylic acids is 1. The Bertz CT molecular complexity index is 1170. The number of nitrogens with one attached hydrogen (secondary N) is 1. The molecule has 0 fully saturated rings. The highest BCUT2D eigenvalue weighted by molar-refractivity contribution is 5.81. The monoisotopic (exact) mass is 451 g/mol. The molecule has 3 aromatic carbocycles. The van der Waals surface area contributed by atoms with E-state index >= 15 is 0 Å². The van der Waals surface area contributed by atoms with Crippen LogP contribution in [0.4, 0.5) is 9.18 Å². The van der Waals surface area contributed by atoms with Crippen LogP contribution in [-0.4, -0.2) is 42.0 Å². The smallest absolute Gasteiger partial charge is 0.407 e. The van der Waals surface area contributed by atoms with Crippen LogP contribution in [0.3, 0.4) is 0 Å². The molecule has 4 rings (SSSR count). The number of methoxy groups -OCH3 is 1. The molecule has 0 aliphatic heterocycles. The molecule has 3 N–H and O–H groups in total. The Balaban J connectivity index is 1.45. The lowest BCUT2D eigenvalue weighted by Gasteiger charge is -2.18. The molecule has 0 saturated heterocycles. The van der Waals surface area contributed by atoms with Crippen LogP contribution in [0.1, 0.15) is 22.6 Å². The highest BCUT2D eigenvalue weighted by Gasteiger charge is 2.30. The summed E-state index contributed by atoms with van der Waals surface area (Å²) in [5.74, 6) is -3.22. The van der Waals surface area contributed by atoms with Crippen LogP contribution in [0.25, 0.3) is 11.1 Å². The van der Waals surface area contributed by atoms with Gasteiger partial charge < -0.3 is 25.0 Å². The molecule has 1 unspecified atom stereocenters. The number of benzene rings is 3. The van der Waals surface area contributed by atoms with Crippen molar-refractivity contribution in [2.24, 2.45) is 0 Å². The van der Waals surface area contributed by atoms with Crippen LogP contribution in [0.2, 0.25) is 0 Å². The van der Waals surface area contributed by atoms with Gasteiger partial charge in [-0.3, -0.25) is 0 Å². The second kappa shape index (κ2) is 9.20. The molecule has 33 heavy (non-hydrogen) atoms. The summed E-state index contributed by atoms with van der Waals surface area (Å²) in [5.41, 5.74) is 4.46. The van der Waals surface area contributed by atoms with Crippen LogP contribution in [0.5, 0.6) is 11.5 Å². The Labute approximate surface area is 189 Å². The number of aromatic hydroxyl groups is 1. The maximum absolute atomic E-state index is 13.9. The molecular weight excluding hydrogens is 429 g/mol. The first-order valence-corrected chi connectivity index (χ1v) is 10.3. The van der Waals surface area contributed by atoms with Crippen LogP contribution in [0, 0.1) is 5.82 Å². The number of carbonyl (C=O) groups excluding carboxylic acids is 1. The van der Waals surface area contributed by atoms with Gasteiger partial charge in [-0.15, -0.1) is 0 Å². The highest BCUT2D eigenvalue weighted by Crippen LogP contribution is 2.44. The summed E-state index contributed by atoms with van der Waals surface area (Å²) in [5, 5.41) is 21.5. The van der Waals surface area contributed by atoms with E-state index < -0.39 is 29.7 Å². The van der Waals surface area contributed by atoms with Crippen molar-refractivity contribution in [3.63, 3.8) is 0 Å². The number of fused-ring (bicyclic) bond motifs is 3. The summed E-state index contributed by atoms with van der Waals surface area (Å²) in [6.07, 6.45) is -1.12. The van der Waals surface area contributed by atoms with Gasteiger partial charge in [-0.05, 0) is 39.9 Å². The Kier molecular flexibility index (Phi) is 6.17. The number of ether oxygens (including phenoxy) is 2. The average Bonchev–Trinajstić information content (AvgIpc) is 3.13. The molecule has 1 atom stereocenters. The Hall–Kier alpha value is -4.07.